The predicted octanol–water partition coefficient (Wildman–Crippen LogP) is 2.22. The number of carbonyl (C=O) groups excluding carboxylic acids is 1. The van der Waals surface area contributed by atoms with Crippen molar-refractivity contribution in [1.82, 2.24) is 9.88 Å². The Kier molecular flexibility index (Phi) is 4.53. The van der Waals surface area contributed by atoms with Gasteiger partial charge in [0.15, 0.2) is 6.10 Å². The minimum Gasteiger partial charge on any atom is -0.480 e. The maximum absolute atomic E-state index is 12.9. The Morgan fingerprint density at radius 2 is 2.04 bits per heavy atom. The van der Waals surface area contributed by atoms with Crippen LogP contribution in [0.3, 0.4) is 0 Å². The number of nitrogens with zero attached hydrogens (tertiary/aromatic N) is 2. The lowest BCUT2D eigenvalue weighted by Crippen LogP contribution is -2.68. The number of carbonyl (C=O) groups is 1. The number of para-hydroxylation sites is 1. The van der Waals surface area contributed by atoms with E-state index < -0.39 is 6.10 Å². The Morgan fingerprint density at radius 1 is 1.21 bits per heavy atom. The van der Waals surface area contributed by atoms with Crippen LogP contribution in [0.5, 0.6) is 5.75 Å². The van der Waals surface area contributed by atoms with E-state index in [1.54, 1.807) is 12.4 Å². The van der Waals surface area contributed by atoms with E-state index in [0.717, 1.165) is 29.9 Å². The van der Waals surface area contributed by atoms with Crippen LogP contribution in [0.2, 0.25) is 0 Å². The maximum atomic E-state index is 12.9. The fraction of sp³-hybridized carbons (Fsp3) is 0.455. The molecule has 1 spiro atoms. The molecule has 0 radical (unpaired) electrons. The zero-order valence-corrected chi connectivity index (χ0v) is 15.8. The van der Waals surface area contributed by atoms with Crippen molar-refractivity contribution in [3.8, 4) is 5.75 Å². The van der Waals surface area contributed by atoms with Crippen molar-refractivity contribution in [3.63, 3.8) is 0 Å². The van der Waals surface area contributed by atoms with Crippen molar-refractivity contribution in [3.05, 3.63) is 59.9 Å². The topological polar surface area (TPSA) is 60.9 Å². The van der Waals surface area contributed by atoms with Gasteiger partial charge < -0.3 is 19.1 Å². The van der Waals surface area contributed by atoms with Crippen molar-refractivity contribution in [2.45, 2.75) is 31.2 Å². The summed E-state index contributed by atoms with van der Waals surface area (Å²) in [4.78, 5) is 18.7. The van der Waals surface area contributed by atoms with Gasteiger partial charge in [0.05, 0.1) is 26.3 Å². The molecule has 0 aliphatic carbocycles. The summed E-state index contributed by atoms with van der Waals surface area (Å²) >= 11 is 0. The van der Waals surface area contributed by atoms with Gasteiger partial charge in [0, 0.05) is 31.3 Å². The zero-order valence-electron chi connectivity index (χ0n) is 15.8. The molecule has 2 unspecified atom stereocenters. The van der Waals surface area contributed by atoms with Gasteiger partial charge in [0.1, 0.15) is 11.4 Å². The largest absolute Gasteiger partial charge is 0.480 e. The third-order valence-corrected chi connectivity index (χ3v) is 6.09. The summed E-state index contributed by atoms with van der Waals surface area (Å²) in [6, 6.07) is 11.8. The Bertz CT molecular complexity index is 826. The Labute approximate surface area is 164 Å². The van der Waals surface area contributed by atoms with Gasteiger partial charge in [0.2, 0.25) is 0 Å². The molecule has 6 heteroatoms. The Balaban J connectivity index is 1.14. The Hall–Kier alpha value is -2.44. The number of aromatic nitrogens is 1. The van der Waals surface area contributed by atoms with Gasteiger partial charge in [-0.05, 0) is 35.7 Å². The van der Waals surface area contributed by atoms with Crippen LogP contribution in [0.1, 0.15) is 17.5 Å². The van der Waals surface area contributed by atoms with E-state index in [1.165, 1.54) is 0 Å². The molecule has 2 saturated heterocycles. The molecule has 28 heavy (non-hydrogen) atoms. The highest BCUT2D eigenvalue weighted by molar-refractivity contribution is 5.83. The summed E-state index contributed by atoms with van der Waals surface area (Å²) in [5, 5.41) is 0. The fourth-order valence-electron chi connectivity index (χ4n) is 4.45. The summed E-state index contributed by atoms with van der Waals surface area (Å²) in [6.07, 6.45) is 4.77. The molecule has 3 aliphatic rings. The van der Waals surface area contributed by atoms with Gasteiger partial charge in [-0.1, -0.05) is 18.2 Å². The smallest absolute Gasteiger partial charge is 0.264 e. The van der Waals surface area contributed by atoms with Gasteiger partial charge in [0.25, 0.3) is 5.91 Å². The predicted molar refractivity (Wildman–Crippen MR) is 102 cm³/mol. The van der Waals surface area contributed by atoms with E-state index in [4.69, 9.17) is 14.2 Å². The van der Waals surface area contributed by atoms with Gasteiger partial charge in [-0.2, -0.15) is 0 Å². The molecule has 2 atom stereocenters. The van der Waals surface area contributed by atoms with Crippen LogP contribution in [0, 0.1) is 5.92 Å². The summed E-state index contributed by atoms with van der Waals surface area (Å²) in [5.74, 6) is 1.21. The lowest BCUT2D eigenvalue weighted by atomic mass is 9.81. The molecule has 1 aromatic heterocycles. The number of rotatable bonds is 5. The van der Waals surface area contributed by atoms with Crippen molar-refractivity contribution >= 4 is 5.91 Å². The molecule has 0 bridgehead atoms. The molecule has 2 fully saturated rings. The summed E-state index contributed by atoms with van der Waals surface area (Å²) in [7, 11) is 0. The summed E-state index contributed by atoms with van der Waals surface area (Å²) in [6.45, 7) is 3.22. The van der Waals surface area contributed by atoms with Crippen LogP contribution >= 0.6 is 0 Å². The molecule has 5 rings (SSSR count). The minimum atomic E-state index is -0.405. The maximum Gasteiger partial charge on any atom is 0.264 e. The average Bonchev–Trinajstić information content (AvgIpc) is 3.31. The number of likely N-dealkylation sites (tertiary alicyclic amines) is 1. The van der Waals surface area contributed by atoms with Gasteiger partial charge in [-0.3, -0.25) is 9.78 Å². The lowest BCUT2D eigenvalue weighted by molar-refractivity contribution is -0.174. The zero-order chi connectivity index (χ0) is 19.0. The van der Waals surface area contributed by atoms with Crippen LogP contribution < -0.4 is 4.74 Å². The van der Waals surface area contributed by atoms with Crippen molar-refractivity contribution in [2.75, 3.05) is 26.3 Å². The SMILES string of the molecule is O=C(C1Cc2ccccc2O1)N1CC2(C1)OCCC2COCc1ccncc1. The van der Waals surface area contributed by atoms with Crippen molar-refractivity contribution < 1.29 is 19.0 Å². The fourth-order valence-corrected chi connectivity index (χ4v) is 4.45. The van der Waals surface area contributed by atoms with Crippen LogP contribution in [-0.4, -0.2) is 53.8 Å². The quantitative estimate of drug-likeness (QED) is 0.796. The van der Waals surface area contributed by atoms with Gasteiger partial charge in [-0.25, -0.2) is 0 Å². The van der Waals surface area contributed by atoms with Crippen LogP contribution in [-0.2, 0) is 27.3 Å². The van der Waals surface area contributed by atoms with Crippen LogP contribution in [0.25, 0.3) is 0 Å². The third kappa shape index (κ3) is 3.16. The number of benzene rings is 1. The first-order valence-corrected chi connectivity index (χ1v) is 9.87. The van der Waals surface area contributed by atoms with E-state index in [1.807, 2.05) is 41.3 Å². The van der Waals surface area contributed by atoms with Gasteiger partial charge >= 0.3 is 0 Å². The van der Waals surface area contributed by atoms with Gasteiger partial charge in [-0.15, -0.1) is 0 Å². The number of hydrogen-bond donors (Lipinski definition) is 0. The standard InChI is InChI=1S/C22H24N2O4/c25-21(20-11-17-3-1-2-4-19(17)28-20)24-14-22(15-24)18(7-10-27-22)13-26-12-16-5-8-23-9-6-16/h1-6,8-9,18,20H,7,10-15H2. The van der Waals surface area contributed by atoms with E-state index >= 15 is 0 Å². The third-order valence-electron chi connectivity index (χ3n) is 6.09. The van der Waals surface area contributed by atoms with E-state index in [9.17, 15) is 4.79 Å². The molecular formula is C22H24N2O4. The number of fused-ring (bicyclic) bond motifs is 1. The first-order chi connectivity index (χ1) is 13.7. The molecule has 1 aromatic carbocycles. The average molecular weight is 380 g/mol. The number of ether oxygens (including phenoxy) is 3. The molecule has 2 aromatic rings. The highest BCUT2D eigenvalue weighted by Crippen LogP contribution is 2.41. The molecule has 6 nitrogen and oxygen atoms in total. The monoisotopic (exact) mass is 380 g/mol. The Morgan fingerprint density at radius 3 is 2.86 bits per heavy atom. The summed E-state index contributed by atoms with van der Waals surface area (Å²) in [5.41, 5.74) is 1.97. The minimum absolute atomic E-state index is 0.0637. The van der Waals surface area contributed by atoms with E-state index in [0.29, 0.717) is 38.6 Å². The molecule has 0 saturated carbocycles. The molecule has 0 N–H and O–H groups in total. The second kappa shape index (κ2) is 7.18. The molecule has 146 valence electrons. The first-order valence-electron chi connectivity index (χ1n) is 9.87. The summed E-state index contributed by atoms with van der Waals surface area (Å²) < 4.78 is 17.9. The van der Waals surface area contributed by atoms with E-state index in [2.05, 4.69) is 4.98 Å². The molecule has 1 amide bonds. The second-order valence-electron chi connectivity index (χ2n) is 7.88. The highest BCUT2D eigenvalue weighted by atomic mass is 16.5. The van der Waals surface area contributed by atoms with Crippen molar-refractivity contribution in [1.29, 1.82) is 0 Å². The molecular weight excluding hydrogens is 356 g/mol. The molecule has 4 heterocycles. The number of pyridine rings is 1. The van der Waals surface area contributed by atoms with E-state index in [-0.39, 0.29) is 11.5 Å². The first kappa shape index (κ1) is 17.6. The van der Waals surface area contributed by atoms with Crippen LogP contribution in [0.15, 0.2) is 48.8 Å². The normalized spacial score (nSPS) is 24.6. The number of amides is 1. The lowest BCUT2D eigenvalue weighted by Gasteiger charge is -2.50. The van der Waals surface area contributed by atoms with Crippen molar-refractivity contribution in [2.24, 2.45) is 5.92 Å². The number of hydrogen-bond acceptors (Lipinski definition) is 5. The molecule has 3 aliphatic heterocycles. The second-order valence-corrected chi connectivity index (χ2v) is 7.88. The highest BCUT2D eigenvalue weighted by Gasteiger charge is 2.55. The van der Waals surface area contributed by atoms with Crippen LogP contribution in [0.4, 0.5) is 0 Å².